The molecule has 3 heterocycles. The molecule has 0 radical (unpaired) electrons. The molecule has 0 spiro atoms. The van der Waals surface area contributed by atoms with Gasteiger partial charge in [0.25, 0.3) is 0 Å². The maximum atomic E-state index is 14.2. The number of Topliss-reactive ketones (excluding diaryl/α,β-unsaturated/α-hetero) is 1. The predicted octanol–water partition coefficient (Wildman–Crippen LogP) is 5.10. The lowest BCUT2D eigenvalue weighted by Gasteiger charge is -2.47. The van der Waals surface area contributed by atoms with E-state index in [-0.39, 0.29) is 29.8 Å². The number of hydrogen-bond donors (Lipinski definition) is 1. The molecule has 3 aliphatic rings. The summed E-state index contributed by atoms with van der Waals surface area (Å²) in [5, 5.41) is 15.0. The number of ether oxygens (including phenoxy) is 5. The minimum atomic E-state index is -1.17. The largest absolute Gasteiger partial charge is 0.458 e. The molecule has 0 bridgehead atoms. The van der Waals surface area contributed by atoms with Crippen LogP contribution < -0.4 is 0 Å². The minimum absolute atomic E-state index is 0.0220. The number of fused-ring (bicyclic) bond motifs is 1. The molecule has 1 N–H and O–H groups in total. The van der Waals surface area contributed by atoms with Crippen molar-refractivity contribution in [2.45, 2.75) is 148 Å². The van der Waals surface area contributed by atoms with Crippen molar-refractivity contribution in [2.75, 3.05) is 34.3 Å². The number of hydrogen-bond acceptors (Lipinski definition) is 11. The topological polar surface area (TPSA) is 173 Å². The van der Waals surface area contributed by atoms with Crippen molar-refractivity contribution in [3.63, 3.8) is 0 Å². The van der Waals surface area contributed by atoms with Crippen molar-refractivity contribution in [1.82, 2.24) is 9.80 Å². The highest BCUT2D eigenvalue weighted by molar-refractivity contribution is 6.00. The van der Waals surface area contributed by atoms with E-state index in [1.165, 1.54) is 6.92 Å². The third-order valence-electron chi connectivity index (χ3n) is 11.1. The Labute approximate surface area is 292 Å². The van der Waals surface area contributed by atoms with Gasteiger partial charge in [-0.25, -0.2) is 4.79 Å². The van der Waals surface area contributed by atoms with E-state index in [4.69, 9.17) is 29.2 Å². The van der Waals surface area contributed by atoms with Crippen LogP contribution in [-0.2, 0) is 33.3 Å². The van der Waals surface area contributed by atoms with E-state index in [2.05, 4.69) is 23.9 Å². The molecule has 14 heteroatoms. The molecule has 0 aromatic heterocycles. The van der Waals surface area contributed by atoms with E-state index >= 15 is 0 Å². The van der Waals surface area contributed by atoms with Crippen molar-refractivity contribution >= 4 is 17.8 Å². The van der Waals surface area contributed by atoms with Crippen LogP contribution in [0.4, 0.5) is 4.79 Å². The summed E-state index contributed by atoms with van der Waals surface area (Å²) >= 11 is 0. The fraction of sp³-hybridized carbons (Fsp3) is 0.914. The number of likely N-dealkylation sites (N-methyl/N-ethyl adjacent to an activating group) is 1. The monoisotopic (exact) mass is 695 g/mol. The Morgan fingerprint density at radius 2 is 1.78 bits per heavy atom. The summed E-state index contributed by atoms with van der Waals surface area (Å²) in [6.45, 7) is 15.7. The number of cyclic esters (lactones) is 1. The average Bonchev–Trinajstić information content (AvgIpc) is 3.30. The summed E-state index contributed by atoms with van der Waals surface area (Å²) in [5.41, 5.74) is 6.46. The molecule has 4 unspecified atom stereocenters. The third kappa shape index (κ3) is 9.07. The first kappa shape index (κ1) is 40.9. The van der Waals surface area contributed by atoms with Crippen molar-refractivity contribution in [3.8, 4) is 0 Å². The number of amides is 1. The van der Waals surface area contributed by atoms with Crippen LogP contribution in [0.5, 0.6) is 0 Å². The molecule has 280 valence electrons. The lowest BCUT2D eigenvalue weighted by Crippen LogP contribution is -2.59. The maximum absolute atomic E-state index is 14.2. The Morgan fingerprint density at radius 1 is 1.10 bits per heavy atom. The third-order valence-corrected chi connectivity index (χ3v) is 11.1. The summed E-state index contributed by atoms with van der Waals surface area (Å²) in [6.07, 6.45) is -1.07. The molecule has 0 saturated carbocycles. The van der Waals surface area contributed by atoms with Gasteiger partial charge in [-0.3, -0.25) is 9.59 Å². The first-order valence-electron chi connectivity index (χ1n) is 17.9. The van der Waals surface area contributed by atoms with Crippen LogP contribution in [0.2, 0.25) is 0 Å². The summed E-state index contributed by atoms with van der Waals surface area (Å²) < 4.78 is 31.2. The number of azide groups is 1. The molecule has 14 nitrogen and oxygen atoms in total. The Bertz CT molecular complexity index is 1200. The number of aliphatic hydroxyl groups excluding tert-OH is 1. The van der Waals surface area contributed by atoms with Crippen LogP contribution >= 0.6 is 0 Å². The quantitative estimate of drug-likeness (QED) is 0.0809. The zero-order chi connectivity index (χ0) is 36.8. The summed E-state index contributed by atoms with van der Waals surface area (Å²) in [4.78, 5) is 47.9. The zero-order valence-electron chi connectivity index (χ0n) is 31.5. The van der Waals surface area contributed by atoms with Crippen LogP contribution in [0.1, 0.15) is 93.9 Å². The second-order valence-electron chi connectivity index (χ2n) is 15.3. The molecule has 49 heavy (non-hydrogen) atoms. The molecule has 3 saturated heterocycles. The van der Waals surface area contributed by atoms with E-state index in [0.717, 1.165) is 0 Å². The first-order chi connectivity index (χ1) is 22.9. The Balaban J connectivity index is 2.05. The molecular formula is C35H61N5O9. The Hall–Kier alpha value is -2.48. The second kappa shape index (κ2) is 17.2. The number of carbonyl (C=O) groups is 3. The van der Waals surface area contributed by atoms with Crippen LogP contribution in [0.25, 0.3) is 10.4 Å². The number of ketones is 1. The van der Waals surface area contributed by atoms with Crippen LogP contribution in [0.3, 0.4) is 0 Å². The SMILES string of the molecule is CC[C@H]1OC(=O)[C@H](C)C(=O)[C@H](C)[C@@H](O[C@@H]2OC(C)CC(N(C)C)C2O)[C@](C)(OC)CC(C)C[C@H](C)[C@H]2N(CCCCN=[N+]=[N-])C(=O)O[C@]12C. The van der Waals surface area contributed by atoms with Gasteiger partial charge in [-0.1, -0.05) is 32.8 Å². The lowest BCUT2D eigenvalue weighted by molar-refractivity contribution is -0.295. The number of nitrogens with zero attached hydrogens (tertiary/aromatic N) is 5. The van der Waals surface area contributed by atoms with E-state index < -0.39 is 65.7 Å². The van der Waals surface area contributed by atoms with E-state index in [9.17, 15) is 19.5 Å². The van der Waals surface area contributed by atoms with Gasteiger partial charge in [0, 0.05) is 37.1 Å². The van der Waals surface area contributed by atoms with Gasteiger partial charge in [0.2, 0.25) is 0 Å². The van der Waals surface area contributed by atoms with Gasteiger partial charge in [-0.05, 0) is 97.7 Å². The van der Waals surface area contributed by atoms with E-state index in [1.807, 2.05) is 46.7 Å². The van der Waals surface area contributed by atoms with Gasteiger partial charge in [0.15, 0.2) is 17.7 Å². The van der Waals surface area contributed by atoms with Gasteiger partial charge in [-0.15, -0.1) is 0 Å². The van der Waals surface area contributed by atoms with Gasteiger partial charge >= 0.3 is 12.1 Å². The number of unbranched alkanes of at least 4 members (excludes halogenated alkanes) is 1. The number of rotatable bonds is 10. The highest BCUT2D eigenvalue weighted by Crippen LogP contribution is 2.44. The minimum Gasteiger partial charge on any atom is -0.458 e. The molecule has 0 aromatic rings. The van der Waals surface area contributed by atoms with Crippen molar-refractivity contribution in [2.24, 2.45) is 28.8 Å². The average molecular weight is 696 g/mol. The van der Waals surface area contributed by atoms with Crippen molar-refractivity contribution in [3.05, 3.63) is 10.4 Å². The summed E-state index contributed by atoms with van der Waals surface area (Å²) in [7, 11) is 5.38. The fourth-order valence-electron chi connectivity index (χ4n) is 8.55. The molecule has 1 amide bonds. The van der Waals surface area contributed by atoms with Crippen molar-refractivity contribution < 1.29 is 43.2 Å². The number of methoxy groups -OCH3 is 1. The zero-order valence-corrected chi connectivity index (χ0v) is 31.5. The van der Waals surface area contributed by atoms with Gasteiger partial charge in [0.1, 0.15) is 18.1 Å². The Kier molecular flexibility index (Phi) is 14.3. The normalized spacial score (nSPS) is 41.0. The molecule has 13 atom stereocenters. The summed E-state index contributed by atoms with van der Waals surface area (Å²) in [5.74, 6) is -3.16. The fourth-order valence-corrected chi connectivity index (χ4v) is 8.55. The first-order valence-corrected chi connectivity index (χ1v) is 17.9. The molecule has 3 fully saturated rings. The molecule has 3 rings (SSSR count). The Morgan fingerprint density at radius 3 is 2.37 bits per heavy atom. The molecule has 0 aromatic carbocycles. The van der Waals surface area contributed by atoms with E-state index in [0.29, 0.717) is 51.6 Å². The maximum Gasteiger partial charge on any atom is 0.410 e. The van der Waals surface area contributed by atoms with E-state index in [1.54, 1.807) is 18.9 Å². The second-order valence-corrected chi connectivity index (χ2v) is 15.3. The van der Waals surface area contributed by atoms with Gasteiger partial charge in [0.05, 0.1) is 23.9 Å². The highest BCUT2D eigenvalue weighted by Gasteiger charge is 2.59. The van der Waals surface area contributed by atoms with Crippen LogP contribution in [0, 0.1) is 23.7 Å². The predicted molar refractivity (Wildman–Crippen MR) is 182 cm³/mol. The van der Waals surface area contributed by atoms with Gasteiger partial charge < -0.3 is 38.6 Å². The number of esters is 1. The molecular weight excluding hydrogens is 634 g/mol. The smallest absolute Gasteiger partial charge is 0.410 e. The number of aliphatic hydroxyl groups is 1. The van der Waals surface area contributed by atoms with Crippen LogP contribution in [0.15, 0.2) is 5.11 Å². The molecule has 0 aliphatic carbocycles. The van der Waals surface area contributed by atoms with Crippen molar-refractivity contribution in [1.29, 1.82) is 0 Å². The number of carbonyl (C=O) groups excluding carboxylic acids is 3. The van der Waals surface area contributed by atoms with Gasteiger partial charge in [-0.2, -0.15) is 0 Å². The van der Waals surface area contributed by atoms with Crippen LogP contribution in [-0.4, -0.2) is 121 Å². The standard InChI is InChI=1S/C35H61N5O9/c1-12-26-35(8)29(40(33(44)49-35)16-14-13-15-37-38-36)21(3)17-20(2)19-34(7,45-11)30(23(5)27(41)24(6)31(43)47-26)48-32-28(42)25(39(9)10)18-22(4)46-32/h20-26,28-30,32,42H,12-19H2,1-11H3/t20?,21-,22?,23-,24+,25?,26+,28?,29+,30+,32-,34+,35+/m0/s1. The highest BCUT2D eigenvalue weighted by atomic mass is 16.7. The lowest BCUT2D eigenvalue weighted by atomic mass is 9.74. The summed E-state index contributed by atoms with van der Waals surface area (Å²) in [6, 6.07) is -0.664. The molecule has 3 aliphatic heterocycles.